The first kappa shape index (κ1) is 22.9. The van der Waals surface area contributed by atoms with Crippen LogP contribution >= 0.6 is 0 Å². The van der Waals surface area contributed by atoms with Crippen molar-refractivity contribution in [1.82, 2.24) is 4.90 Å². The zero-order valence-corrected chi connectivity index (χ0v) is 18.1. The molecule has 3 aromatic rings. The number of ether oxygens (including phenoxy) is 1. The van der Waals surface area contributed by atoms with E-state index in [0.717, 1.165) is 55.0 Å². The number of rotatable bonds is 6. The Morgan fingerprint density at radius 3 is 2.42 bits per heavy atom. The van der Waals surface area contributed by atoms with Crippen molar-refractivity contribution >= 4 is 5.97 Å². The predicted molar refractivity (Wildman–Crippen MR) is 116 cm³/mol. The lowest BCUT2D eigenvalue weighted by Gasteiger charge is -2.18. The second-order valence-electron chi connectivity index (χ2n) is 8.18. The molecule has 1 aromatic heterocycles. The van der Waals surface area contributed by atoms with Gasteiger partial charge in [0, 0.05) is 18.7 Å². The van der Waals surface area contributed by atoms with E-state index in [0.29, 0.717) is 23.6 Å². The minimum Gasteiger partial charge on any atom is -0.482 e. The third kappa shape index (κ3) is 5.57. The largest absolute Gasteiger partial charge is 0.482 e. The lowest BCUT2D eigenvalue weighted by molar-refractivity contribution is -0.139. The zero-order valence-electron chi connectivity index (χ0n) is 18.1. The normalized spacial score (nSPS) is 14.5. The van der Waals surface area contributed by atoms with Gasteiger partial charge in [0.2, 0.25) is 0 Å². The van der Waals surface area contributed by atoms with E-state index >= 15 is 0 Å². The molecule has 1 aliphatic rings. The van der Waals surface area contributed by atoms with Gasteiger partial charge in [-0.15, -0.1) is 0 Å². The van der Waals surface area contributed by atoms with Crippen molar-refractivity contribution in [2.24, 2.45) is 0 Å². The minimum atomic E-state index is -4.36. The Labute approximate surface area is 189 Å². The van der Waals surface area contributed by atoms with E-state index in [-0.39, 0.29) is 6.61 Å². The average molecular weight is 459 g/mol. The summed E-state index contributed by atoms with van der Waals surface area (Å²) in [5, 5.41) is 8.79. The molecule has 1 aliphatic heterocycles. The fourth-order valence-electron chi connectivity index (χ4n) is 3.99. The second-order valence-corrected chi connectivity index (χ2v) is 8.18. The molecule has 1 N–H and O–H groups in total. The molecular weight excluding hydrogens is 435 g/mol. The van der Waals surface area contributed by atoms with Gasteiger partial charge in [-0.3, -0.25) is 4.90 Å². The predicted octanol–water partition coefficient (Wildman–Crippen LogP) is 5.34. The first-order chi connectivity index (χ1) is 15.7. The molecule has 5 nitrogen and oxygen atoms in total. The Morgan fingerprint density at radius 1 is 1.06 bits per heavy atom. The number of hydrogen-bond acceptors (Lipinski definition) is 4. The summed E-state index contributed by atoms with van der Waals surface area (Å²) in [5.41, 5.74) is 3.23. The Bertz CT molecular complexity index is 1140. The van der Waals surface area contributed by atoms with Crippen molar-refractivity contribution in [3.8, 4) is 17.1 Å². The molecule has 0 spiro atoms. The Kier molecular flexibility index (Phi) is 6.47. The van der Waals surface area contributed by atoms with Gasteiger partial charge in [0.25, 0.3) is 0 Å². The number of halogens is 3. The van der Waals surface area contributed by atoms with Crippen LogP contribution in [0.2, 0.25) is 0 Å². The van der Waals surface area contributed by atoms with Crippen LogP contribution in [0.1, 0.15) is 28.0 Å². The molecular formula is C25H24F3NO4. The molecule has 0 saturated heterocycles. The number of alkyl halides is 3. The number of furan rings is 1. The van der Waals surface area contributed by atoms with Crippen LogP contribution in [-0.2, 0) is 30.4 Å². The van der Waals surface area contributed by atoms with Gasteiger partial charge in [-0.1, -0.05) is 18.2 Å². The van der Waals surface area contributed by atoms with E-state index in [1.165, 1.54) is 17.7 Å². The van der Waals surface area contributed by atoms with Crippen LogP contribution in [0, 0.1) is 6.92 Å². The molecule has 0 atom stereocenters. The lowest BCUT2D eigenvalue weighted by Crippen LogP contribution is -2.26. The van der Waals surface area contributed by atoms with Crippen LogP contribution in [0.5, 0.6) is 5.75 Å². The van der Waals surface area contributed by atoms with Gasteiger partial charge < -0.3 is 14.3 Å². The Morgan fingerprint density at radius 2 is 1.76 bits per heavy atom. The highest BCUT2D eigenvalue weighted by atomic mass is 19.4. The molecule has 0 amide bonds. The number of benzene rings is 2. The third-order valence-corrected chi connectivity index (χ3v) is 5.82. The molecule has 0 radical (unpaired) electrons. The third-order valence-electron chi connectivity index (χ3n) is 5.82. The number of aliphatic carboxylic acids is 1. The van der Waals surface area contributed by atoms with Crippen LogP contribution in [-0.4, -0.2) is 35.7 Å². The fourth-order valence-corrected chi connectivity index (χ4v) is 3.99. The van der Waals surface area contributed by atoms with Crippen LogP contribution in [0.3, 0.4) is 0 Å². The van der Waals surface area contributed by atoms with Crippen molar-refractivity contribution in [2.45, 2.75) is 32.5 Å². The van der Waals surface area contributed by atoms with Crippen molar-refractivity contribution in [3.05, 3.63) is 76.5 Å². The zero-order chi connectivity index (χ0) is 23.6. The standard InChI is InChI=1S/C25H24F3NO4/c1-16-12-22(18-2-5-20(6-3-18)25(26,27)28)33-23(16)14-29-10-8-17-4-7-21(32-15-24(30)31)13-19(17)9-11-29/h2-7,12-13H,8-11,14-15H2,1H3,(H,30,31). The molecule has 8 heteroatoms. The molecule has 33 heavy (non-hydrogen) atoms. The minimum absolute atomic E-state index is 0.371. The van der Waals surface area contributed by atoms with E-state index in [1.54, 1.807) is 6.07 Å². The van der Waals surface area contributed by atoms with Gasteiger partial charge in [0.15, 0.2) is 6.61 Å². The van der Waals surface area contributed by atoms with Crippen molar-refractivity contribution in [1.29, 1.82) is 0 Å². The van der Waals surface area contributed by atoms with Crippen LogP contribution < -0.4 is 4.74 Å². The van der Waals surface area contributed by atoms with Crippen LogP contribution in [0.4, 0.5) is 13.2 Å². The van der Waals surface area contributed by atoms with Gasteiger partial charge >= 0.3 is 12.1 Å². The Balaban J connectivity index is 1.42. The number of carboxylic acid groups (broad SMARTS) is 1. The molecule has 0 fully saturated rings. The highest BCUT2D eigenvalue weighted by Crippen LogP contribution is 2.32. The summed E-state index contributed by atoms with van der Waals surface area (Å²) in [6.07, 6.45) is -2.72. The summed E-state index contributed by atoms with van der Waals surface area (Å²) < 4.78 is 49.8. The number of nitrogens with zero attached hydrogens (tertiary/aromatic N) is 1. The van der Waals surface area contributed by atoms with Crippen LogP contribution in [0.25, 0.3) is 11.3 Å². The maximum atomic E-state index is 12.8. The number of carboxylic acids is 1. The smallest absolute Gasteiger partial charge is 0.416 e. The van der Waals surface area contributed by atoms with Gasteiger partial charge in [-0.2, -0.15) is 13.2 Å². The second kappa shape index (κ2) is 9.31. The SMILES string of the molecule is Cc1cc(-c2ccc(C(F)(F)F)cc2)oc1CN1CCc2ccc(OCC(=O)O)cc2CC1. The first-order valence-electron chi connectivity index (χ1n) is 10.6. The highest BCUT2D eigenvalue weighted by molar-refractivity contribution is 5.68. The lowest BCUT2D eigenvalue weighted by atomic mass is 10.0. The van der Waals surface area contributed by atoms with E-state index in [1.807, 2.05) is 25.1 Å². The molecule has 2 heterocycles. The van der Waals surface area contributed by atoms with Crippen molar-refractivity contribution < 1.29 is 32.2 Å². The van der Waals surface area contributed by atoms with Gasteiger partial charge in [0.05, 0.1) is 12.1 Å². The van der Waals surface area contributed by atoms with E-state index in [9.17, 15) is 18.0 Å². The first-order valence-corrected chi connectivity index (χ1v) is 10.6. The topological polar surface area (TPSA) is 62.9 Å². The number of fused-ring (bicyclic) bond motifs is 1. The fraction of sp³-hybridized carbons (Fsp3) is 0.320. The summed E-state index contributed by atoms with van der Waals surface area (Å²) >= 11 is 0. The summed E-state index contributed by atoms with van der Waals surface area (Å²) in [6, 6.07) is 12.5. The number of aryl methyl sites for hydroxylation is 1. The van der Waals surface area contributed by atoms with E-state index in [2.05, 4.69) is 4.90 Å². The monoisotopic (exact) mass is 459 g/mol. The molecule has 0 aliphatic carbocycles. The quantitative estimate of drug-likeness (QED) is 0.539. The maximum absolute atomic E-state index is 12.8. The molecule has 4 rings (SSSR count). The van der Waals surface area contributed by atoms with Crippen molar-refractivity contribution in [2.75, 3.05) is 19.7 Å². The molecule has 0 saturated carbocycles. The van der Waals surface area contributed by atoms with Crippen LogP contribution in [0.15, 0.2) is 52.9 Å². The highest BCUT2D eigenvalue weighted by Gasteiger charge is 2.30. The van der Waals surface area contributed by atoms with Gasteiger partial charge in [0.1, 0.15) is 17.3 Å². The summed E-state index contributed by atoms with van der Waals surface area (Å²) in [5.74, 6) is 0.879. The van der Waals surface area contributed by atoms with E-state index < -0.39 is 17.7 Å². The summed E-state index contributed by atoms with van der Waals surface area (Å²) in [6.45, 7) is 3.79. The maximum Gasteiger partial charge on any atom is 0.416 e. The summed E-state index contributed by atoms with van der Waals surface area (Å²) in [4.78, 5) is 13.0. The summed E-state index contributed by atoms with van der Waals surface area (Å²) in [7, 11) is 0. The molecule has 0 bridgehead atoms. The average Bonchev–Trinajstić information content (AvgIpc) is 3.01. The molecule has 2 aromatic carbocycles. The number of carbonyl (C=O) groups is 1. The van der Waals surface area contributed by atoms with Gasteiger partial charge in [-0.25, -0.2) is 4.79 Å². The molecule has 174 valence electrons. The Hall–Kier alpha value is -3.26. The molecule has 0 unspecified atom stereocenters. The van der Waals surface area contributed by atoms with Crippen molar-refractivity contribution in [3.63, 3.8) is 0 Å². The van der Waals surface area contributed by atoms with Gasteiger partial charge in [-0.05, 0) is 66.8 Å². The number of hydrogen-bond donors (Lipinski definition) is 1. The van der Waals surface area contributed by atoms with E-state index in [4.69, 9.17) is 14.3 Å².